The minimum absolute atomic E-state index is 0.00314. The third-order valence-electron chi connectivity index (χ3n) is 13.2. The first-order valence-corrected chi connectivity index (χ1v) is 24.1. The van der Waals surface area contributed by atoms with Crippen LogP contribution in [-0.4, -0.2) is 70.8 Å². The molecule has 316 valence electrons. The summed E-state index contributed by atoms with van der Waals surface area (Å²) in [6.07, 6.45) is 3.86. The first-order valence-electron chi connectivity index (χ1n) is 21.0. The number of methoxy groups -OCH3 is 2. The second kappa shape index (κ2) is 16.5. The smallest absolute Gasteiger partial charge is 0.279 e. The van der Waals surface area contributed by atoms with Crippen molar-refractivity contribution in [2.75, 3.05) is 25.7 Å². The predicted octanol–water partition coefficient (Wildman–Crippen LogP) is 6.97. The minimum atomic E-state index is -2.43. The zero-order chi connectivity index (χ0) is 43.2. The summed E-state index contributed by atoms with van der Waals surface area (Å²) in [7, 11) is 0.878. The molecule has 7 aromatic rings. The van der Waals surface area contributed by atoms with Crippen molar-refractivity contribution >= 4 is 35.6 Å². The van der Waals surface area contributed by atoms with E-state index in [0.29, 0.717) is 42.0 Å². The van der Waals surface area contributed by atoms with E-state index in [2.05, 4.69) is 47.6 Å². The van der Waals surface area contributed by atoms with Gasteiger partial charge in [-0.3, -0.25) is 14.3 Å². The summed E-state index contributed by atoms with van der Waals surface area (Å²) in [5, 5.41) is 26.4. The van der Waals surface area contributed by atoms with Gasteiger partial charge in [-0.2, -0.15) is 9.78 Å². The van der Waals surface area contributed by atoms with E-state index in [-0.39, 0.29) is 41.6 Å². The van der Waals surface area contributed by atoms with Crippen LogP contribution in [0.5, 0.6) is 11.5 Å². The number of aryl methyl sites for hydroxylation is 1. The average Bonchev–Trinajstić information content (AvgIpc) is 3.96. The molecule has 5 aromatic carbocycles. The van der Waals surface area contributed by atoms with Gasteiger partial charge >= 0.3 is 0 Å². The highest BCUT2D eigenvalue weighted by molar-refractivity contribution is 6.91. The van der Waals surface area contributed by atoms with Crippen molar-refractivity contribution in [2.24, 2.45) is 5.92 Å². The fourth-order valence-electron chi connectivity index (χ4n) is 9.94. The molecule has 1 saturated heterocycles. The van der Waals surface area contributed by atoms with Gasteiger partial charge in [0.15, 0.2) is 5.60 Å². The lowest BCUT2D eigenvalue weighted by Crippen LogP contribution is -2.51. The minimum Gasteiger partial charge on any atom is -0.497 e. The Morgan fingerprint density at radius 3 is 2.31 bits per heavy atom. The Hall–Kier alpha value is -6.41. The summed E-state index contributed by atoms with van der Waals surface area (Å²) in [4.78, 5) is 30.7. The number of rotatable bonds is 13. The molecule has 9 rings (SSSR count). The van der Waals surface area contributed by atoms with Gasteiger partial charge in [-0.15, -0.1) is 5.10 Å². The van der Waals surface area contributed by atoms with E-state index >= 15 is 4.79 Å². The number of carbonyl (C=O) groups excluding carboxylic acids is 1. The number of aromatic nitrogens is 5. The number of hydrogen-bond donors (Lipinski definition) is 1. The van der Waals surface area contributed by atoms with Crippen LogP contribution in [0.4, 0.5) is 5.69 Å². The molecule has 0 saturated carbocycles. The van der Waals surface area contributed by atoms with E-state index in [0.717, 1.165) is 33.5 Å². The van der Waals surface area contributed by atoms with Crippen molar-refractivity contribution in [3.05, 3.63) is 166 Å². The highest BCUT2D eigenvalue weighted by Gasteiger charge is 2.66. The third kappa shape index (κ3) is 6.99. The fraction of sp³-hybridized carbons (Fsp3) is 0.286. The quantitative estimate of drug-likeness (QED) is 0.122. The maximum Gasteiger partial charge on any atom is 0.279 e. The molecule has 1 spiro atoms. The molecule has 5 atom stereocenters. The molecule has 0 bridgehead atoms. The number of ether oxygens (including phenoxy) is 3. The summed E-state index contributed by atoms with van der Waals surface area (Å²) in [6, 6.07) is 39.0. The Labute approximate surface area is 361 Å². The van der Waals surface area contributed by atoms with Crippen LogP contribution in [0.3, 0.4) is 0 Å². The maximum atomic E-state index is 15.5. The standard InChI is InChI=1S/C49H50N6O6Si/c1-32-46(62(4,5)39-22-19-37(59-2)20-23-39)45(25-26-53-30-43(51-52-53)41(31-56)34-11-7-6-8-12-34)61-49(32)42-27-38(60-3)21-24-44(42)54(48(49)58)29-33-15-17-36(18-16-33)55-47(57)40-14-10-9-13-35(40)28-50-55/h6-24,27-28,30,32,41,45-46,56H,25-26,29,31H2,1-5H3/t32-,41?,45+,46-,49+/m0/s1. The van der Waals surface area contributed by atoms with Gasteiger partial charge in [0.25, 0.3) is 11.5 Å². The van der Waals surface area contributed by atoms with Crippen LogP contribution in [-0.2, 0) is 28.2 Å². The van der Waals surface area contributed by atoms with E-state index in [1.165, 1.54) is 9.87 Å². The molecule has 0 radical (unpaired) electrons. The number of aliphatic hydroxyl groups excluding tert-OH is 1. The molecule has 1 N–H and O–H groups in total. The van der Waals surface area contributed by atoms with Crippen molar-refractivity contribution in [1.29, 1.82) is 0 Å². The Balaban J connectivity index is 1.06. The Bertz CT molecular complexity index is 2790. The zero-order valence-corrected chi connectivity index (χ0v) is 36.5. The van der Waals surface area contributed by atoms with Gasteiger partial charge in [-0.25, -0.2) is 0 Å². The number of nitrogens with zero attached hydrogens (tertiary/aromatic N) is 6. The molecule has 1 unspecified atom stereocenters. The largest absolute Gasteiger partial charge is 0.497 e. The first kappa shape index (κ1) is 41.0. The molecule has 1 fully saturated rings. The lowest BCUT2D eigenvalue weighted by molar-refractivity contribution is -0.146. The Morgan fingerprint density at radius 1 is 0.871 bits per heavy atom. The Kier molecular flexibility index (Phi) is 10.9. The number of amides is 1. The number of hydrogen-bond acceptors (Lipinski definition) is 9. The molecule has 62 heavy (non-hydrogen) atoms. The van der Waals surface area contributed by atoms with Gasteiger partial charge < -0.3 is 24.2 Å². The molecule has 12 nitrogen and oxygen atoms in total. The van der Waals surface area contributed by atoms with Gasteiger partial charge in [0, 0.05) is 29.6 Å². The monoisotopic (exact) mass is 846 g/mol. The normalized spacial score (nSPS) is 20.2. The van der Waals surface area contributed by atoms with Crippen molar-refractivity contribution < 1.29 is 24.1 Å². The summed E-state index contributed by atoms with van der Waals surface area (Å²) >= 11 is 0. The lowest BCUT2D eigenvalue weighted by Gasteiger charge is -2.37. The topological polar surface area (TPSA) is 134 Å². The molecule has 2 aliphatic heterocycles. The molecule has 4 heterocycles. The van der Waals surface area contributed by atoms with Crippen LogP contribution >= 0.6 is 0 Å². The van der Waals surface area contributed by atoms with E-state index in [1.54, 1.807) is 26.5 Å². The van der Waals surface area contributed by atoms with Crippen LogP contribution in [0.15, 0.2) is 139 Å². The third-order valence-corrected chi connectivity index (χ3v) is 17.6. The highest BCUT2D eigenvalue weighted by Crippen LogP contribution is 2.60. The highest BCUT2D eigenvalue weighted by atomic mass is 28.3. The summed E-state index contributed by atoms with van der Waals surface area (Å²) < 4.78 is 21.9. The number of aliphatic hydroxyl groups is 1. The van der Waals surface area contributed by atoms with Crippen molar-refractivity contribution in [2.45, 2.75) is 62.7 Å². The molecule has 2 aliphatic rings. The van der Waals surface area contributed by atoms with E-state index in [1.807, 2.05) is 119 Å². The molecule has 2 aromatic heterocycles. The van der Waals surface area contributed by atoms with Crippen LogP contribution < -0.4 is 25.1 Å². The van der Waals surface area contributed by atoms with Crippen molar-refractivity contribution in [3.8, 4) is 17.2 Å². The molecule has 1 amide bonds. The zero-order valence-electron chi connectivity index (χ0n) is 35.5. The number of carbonyl (C=O) groups is 1. The molecular formula is C49H50N6O6Si. The number of anilines is 1. The van der Waals surface area contributed by atoms with Gasteiger partial charge in [-0.1, -0.05) is 103 Å². The lowest BCUT2D eigenvalue weighted by atomic mass is 9.82. The van der Waals surface area contributed by atoms with Gasteiger partial charge in [-0.05, 0) is 71.6 Å². The average molecular weight is 847 g/mol. The maximum absolute atomic E-state index is 15.5. The first-order chi connectivity index (χ1) is 30.1. The molecule has 0 aliphatic carbocycles. The van der Waals surface area contributed by atoms with E-state index in [9.17, 15) is 9.90 Å². The summed E-state index contributed by atoms with van der Waals surface area (Å²) in [6.45, 7) is 7.61. The van der Waals surface area contributed by atoms with E-state index in [4.69, 9.17) is 14.2 Å². The van der Waals surface area contributed by atoms with Crippen LogP contribution in [0.2, 0.25) is 18.6 Å². The van der Waals surface area contributed by atoms with Crippen LogP contribution in [0.1, 0.15) is 41.6 Å². The SMILES string of the molecule is COc1ccc([Si](C)(C)[C@@H]2[C@@H](CCn3cc(C(CO)c4ccccc4)nn3)O[C@]3(C(=O)N(Cc4ccc(-n5ncc6ccccc6c5=O)cc4)c4ccc(OC)cc43)[C@H]2C)cc1. The van der Waals surface area contributed by atoms with Gasteiger partial charge in [0.2, 0.25) is 0 Å². The van der Waals surface area contributed by atoms with Gasteiger partial charge in [0.05, 0.1) is 76.1 Å². The fourth-order valence-corrected chi connectivity index (χ4v) is 14.0. The van der Waals surface area contributed by atoms with Crippen molar-refractivity contribution in [3.63, 3.8) is 0 Å². The van der Waals surface area contributed by atoms with Gasteiger partial charge in [0.1, 0.15) is 11.5 Å². The predicted molar refractivity (Wildman–Crippen MR) is 241 cm³/mol. The molecular weight excluding hydrogens is 797 g/mol. The number of fused-ring (bicyclic) bond motifs is 3. The molecule has 13 heteroatoms. The number of benzene rings is 5. The Morgan fingerprint density at radius 2 is 1.58 bits per heavy atom. The summed E-state index contributed by atoms with van der Waals surface area (Å²) in [5.41, 5.74) is 3.27. The van der Waals surface area contributed by atoms with Crippen molar-refractivity contribution in [1.82, 2.24) is 24.8 Å². The summed E-state index contributed by atoms with van der Waals surface area (Å²) in [5.74, 6) is 0.791. The van der Waals surface area contributed by atoms with Crippen LogP contribution in [0.25, 0.3) is 16.5 Å². The van der Waals surface area contributed by atoms with E-state index < -0.39 is 13.7 Å². The van der Waals surface area contributed by atoms with Crippen LogP contribution in [0, 0.1) is 5.92 Å². The second-order valence-corrected chi connectivity index (χ2v) is 21.6. The second-order valence-electron chi connectivity index (χ2n) is 16.9.